The van der Waals surface area contributed by atoms with Gasteiger partial charge in [0, 0.05) is 42.3 Å². The summed E-state index contributed by atoms with van der Waals surface area (Å²) in [6.07, 6.45) is 6.03. The van der Waals surface area contributed by atoms with Crippen LogP contribution in [0.25, 0.3) is 10.9 Å². The summed E-state index contributed by atoms with van der Waals surface area (Å²) in [5.74, 6) is 0.401. The third-order valence-electron chi connectivity index (χ3n) is 4.25. The molecule has 128 valence electrons. The minimum absolute atomic E-state index is 0.110. The zero-order chi connectivity index (χ0) is 17.4. The molecule has 1 saturated carbocycles. The smallest absolute Gasteiger partial charge is 0.259 e. The second-order valence-corrected chi connectivity index (χ2v) is 7.24. The van der Waals surface area contributed by atoms with Crippen molar-refractivity contribution in [1.82, 2.24) is 9.55 Å². The Bertz CT molecular complexity index is 942. The van der Waals surface area contributed by atoms with Crippen molar-refractivity contribution in [3.05, 3.63) is 41.5 Å². The molecule has 0 spiro atoms. The lowest BCUT2D eigenvalue weighted by Crippen LogP contribution is -2.11. The molecule has 3 aromatic rings. The van der Waals surface area contributed by atoms with E-state index in [2.05, 4.69) is 20.2 Å². The maximum absolute atomic E-state index is 12.7. The molecule has 0 unspecified atom stereocenters. The van der Waals surface area contributed by atoms with Crippen LogP contribution >= 0.6 is 11.3 Å². The van der Waals surface area contributed by atoms with Crippen molar-refractivity contribution in [2.75, 3.05) is 10.6 Å². The predicted molar refractivity (Wildman–Crippen MR) is 99.0 cm³/mol. The van der Waals surface area contributed by atoms with Crippen molar-refractivity contribution >= 4 is 44.9 Å². The molecule has 1 fully saturated rings. The topological polar surface area (TPSA) is 76.0 Å². The number of rotatable bonds is 5. The van der Waals surface area contributed by atoms with Crippen LogP contribution in [0.15, 0.2) is 36.0 Å². The molecule has 6 nitrogen and oxygen atoms in total. The Labute approximate surface area is 148 Å². The van der Waals surface area contributed by atoms with Gasteiger partial charge in [0.15, 0.2) is 5.13 Å². The zero-order valence-electron chi connectivity index (χ0n) is 13.8. The van der Waals surface area contributed by atoms with Gasteiger partial charge in [0.2, 0.25) is 5.91 Å². The second-order valence-electron chi connectivity index (χ2n) is 6.34. The summed E-state index contributed by atoms with van der Waals surface area (Å²) in [5, 5.41) is 8.94. The van der Waals surface area contributed by atoms with E-state index in [-0.39, 0.29) is 11.8 Å². The van der Waals surface area contributed by atoms with E-state index >= 15 is 0 Å². The molecular formula is C18H18N4O2S. The molecule has 0 bridgehead atoms. The van der Waals surface area contributed by atoms with E-state index in [9.17, 15) is 9.59 Å². The lowest BCUT2D eigenvalue weighted by Gasteiger charge is -2.06. The van der Waals surface area contributed by atoms with Gasteiger partial charge in [-0.15, -0.1) is 11.3 Å². The van der Waals surface area contributed by atoms with E-state index in [4.69, 9.17) is 0 Å². The van der Waals surface area contributed by atoms with Gasteiger partial charge in [0.25, 0.3) is 5.91 Å². The van der Waals surface area contributed by atoms with Crippen molar-refractivity contribution < 1.29 is 9.59 Å². The van der Waals surface area contributed by atoms with Crippen LogP contribution in [-0.4, -0.2) is 21.4 Å². The summed E-state index contributed by atoms with van der Waals surface area (Å²) in [6.45, 7) is 2.38. The molecule has 0 saturated heterocycles. The first kappa shape index (κ1) is 15.8. The van der Waals surface area contributed by atoms with Crippen molar-refractivity contribution in [3.63, 3.8) is 0 Å². The van der Waals surface area contributed by atoms with Crippen LogP contribution in [0.3, 0.4) is 0 Å². The van der Waals surface area contributed by atoms with Crippen molar-refractivity contribution in [3.8, 4) is 0 Å². The molecular weight excluding hydrogens is 336 g/mol. The Balaban J connectivity index is 1.72. The zero-order valence-corrected chi connectivity index (χ0v) is 14.6. The normalized spacial score (nSPS) is 13.8. The van der Waals surface area contributed by atoms with Crippen LogP contribution in [0.4, 0.5) is 10.8 Å². The highest BCUT2D eigenvalue weighted by Gasteiger charge is 2.24. The summed E-state index contributed by atoms with van der Waals surface area (Å²) in [4.78, 5) is 28.1. The van der Waals surface area contributed by atoms with Gasteiger partial charge in [-0.25, -0.2) is 4.98 Å². The number of amides is 2. The lowest BCUT2D eigenvalue weighted by molar-refractivity contribution is -0.114. The number of nitrogens with one attached hydrogen (secondary N) is 2. The second kappa shape index (κ2) is 6.33. The maximum Gasteiger partial charge on any atom is 0.259 e. The Kier molecular flexibility index (Phi) is 4.01. The van der Waals surface area contributed by atoms with Gasteiger partial charge < -0.3 is 9.88 Å². The van der Waals surface area contributed by atoms with Crippen LogP contribution in [0.1, 0.15) is 30.1 Å². The molecule has 2 amide bonds. The Morgan fingerprint density at radius 1 is 1.32 bits per heavy atom. The number of carbonyl (C=O) groups is 2. The highest BCUT2D eigenvalue weighted by atomic mass is 32.1. The molecule has 25 heavy (non-hydrogen) atoms. The first-order valence-corrected chi connectivity index (χ1v) is 9.09. The molecule has 2 aromatic heterocycles. The molecule has 2 heterocycles. The SMILES string of the molecule is CC(=O)Nc1ccc2c(C(=O)Nc3nccs3)cn(CC3CC3)c2c1. The molecule has 1 aliphatic carbocycles. The van der Waals surface area contributed by atoms with Crippen LogP contribution < -0.4 is 10.6 Å². The predicted octanol–water partition coefficient (Wildman–Crippen LogP) is 3.72. The number of carbonyl (C=O) groups excluding carboxylic acids is 2. The summed E-state index contributed by atoms with van der Waals surface area (Å²) >= 11 is 1.39. The fraction of sp³-hybridized carbons (Fsp3) is 0.278. The molecule has 1 aliphatic rings. The molecule has 0 atom stereocenters. The number of thiazole rings is 1. The molecule has 7 heteroatoms. The molecule has 2 N–H and O–H groups in total. The van der Waals surface area contributed by atoms with E-state index in [0.717, 1.165) is 23.1 Å². The van der Waals surface area contributed by atoms with E-state index in [0.29, 0.717) is 16.6 Å². The summed E-state index contributed by atoms with van der Waals surface area (Å²) in [6, 6.07) is 5.64. The number of fused-ring (bicyclic) bond motifs is 1. The third-order valence-corrected chi connectivity index (χ3v) is 4.94. The van der Waals surface area contributed by atoms with Crippen LogP contribution in [0.2, 0.25) is 0 Å². The van der Waals surface area contributed by atoms with Crippen molar-refractivity contribution in [1.29, 1.82) is 0 Å². The van der Waals surface area contributed by atoms with Gasteiger partial charge in [-0.2, -0.15) is 0 Å². The van der Waals surface area contributed by atoms with Gasteiger partial charge >= 0.3 is 0 Å². The molecule has 0 aliphatic heterocycles. The third kappa shape index (κ3) is 3.41. The summed E-state index contributed by atoms with van der Waals surface area (Å²) in [5.41, 5.74) is 2.32. The molecule has 1 aromatic carbocycles. The van der Waals surface area contributed by atoms with Crippen LogP contribution in [-0.2, 0) is 11.3 Å². The standard InChI is InChI=1S/C18H18N4O2S/c1-11(23)20-13-4-5-14-15(17(24)21-18-19-6-7-25-18)10-22(16(14)8-13)9-12-2-3-12/h4-8,10,12H,2-3,9H2,1H3,(H,20,23)(H,19,21,24). The maximum atomic E-state index is 12.7. The number of nitrogens with zero attached hydrogens (tertiary/aromatic N) is 2. The first-order chi connectivity index (χ1) is 12.1. The largest absolute Gasteiger partial charge is 0.346 e. The van der Waals surface area contributed by atoms with Crippen LogP contribution in [0.5, 0.6) is 0 Å². The number of hydrogen-bond acceptors (Lipinski definition) is 4. The van der Waals surface area contributed by atoms with Gasteiger partial charge in [-0.1, -0.05) is 0 Å². The molecule has 0 radical (unpaired) electrons. The van der Waals surface area contributed by atoms with E-state index < -0.39 is 0 Å². The van der Waals surface area contributed by atoms with Gasteiger partial charge in [-0.05, 0) is 37.0 Å². The number of hydrogen-bond donors (Lipinski definition) is 2. The Morgan fingerprint density at radius 3 is 2.84 bits per heavy atom. The molecule has 4 rings (SSSR count). The van der Waals surface area contributed by atoms with E-state index in [1.54, 1.807) is 6.20 Å². The summed E-state index contributed by atoms with van der Waals surface area (Å²) in [7, 11) is 0. The fourth-order valence-corrected chi connectivity index (χ4v) is 3.46. The number of aromatic nitrogens is 2. The Hall–Kier alpha value is -2.67. The number of anilines is 2. The van der Waals surface area contributed by atoms with Gasteiger partial charge in [0.1, 0.15) is 0 Å². The van der Waals surface area contributed by atoms with Crippen molar-refractivity contribution in [2.45, 2.75) is 26.3 Å². The monoisotopic (exact) mass is 354 g/mol. The minimum atomic E-state index is -0.165. The summed E-state index contributed by atoms with van der Waals surface area (Å²) < 4.78 is 2.12. The minimum Gasteiger partial charge on any atom is -0.346 e. The Morgan fingerprint density at radius 2 is 2.16 bits per heavy atom. The van der Waals surface area contributed by atoms with Gasteiger partial charge in [0.05, 0.1) is 11.1 Å². The van der Waals surface area contributed by atoms with Crippen molar-refractivity contribution in [2.24, 2.45) is 5.92 Å². The average Bonchev–Trinajstić information content (AvgIpc) is 3.10. The average molecular weight is 354 g/mol. The lowest BCUT2D eigenvalue weighted by atomic mass is 10.1. The highest BCUT2D eigenvalue weighted by Crippen LogP contribution is 2.34. The van der Waals surface area contributed by atoms with Gasteiger partial charge in [-0.3, -0.25) is 14.9 Å². The fourth-order valence-electron chi connectivity index (χ4n) is 2.93. The van der Waals surface area contributed by atoms with E-state index in [1.165, 1.54) is 31.1 Å². The van der Waals surface area contributed by atoms with E-state index in [1.807, 2.05) is 29.8 Å². The number of benzene rings is 1. The first-order valence-electron chi connectivity index (χ1n) is 8.21. The quantitative estimate of drug-likeness (QED) is 0.733. The van der Waals surface area contributed by atoms with Crippen LogP contribution in [0, 0.1) is 5.92 Å². The highest BCUT2D eigenvalue weighted by molar-refractivity contribution is 7.13.